The highest BCUT2D eigenvalue weighted by Crippen LogP contribution is 2.21. The van der Waals surface area contributed by atoms with Crippen molar-refractivity contribution in [2.75, 3.05) is 5.32 Å². The van der Waals surface area contributed by atoms with Gasteiger partial charge in [-0.05, 0) is 58.7 Å². The number of anilines is 1. The number of hydrogen-bond acceptors (Lipinski definition) is 2. The lowest BCUT2D eigenvalue weighted by atomic mass is 10.1. The maximum absolute atomic E-state index is 13.4. The molecule has 0 radical (unpaired) electrons. The summed E-state index contributed by atoms with van der Waals surface area (Å²) < 4.78 is 13.7. The van der Waals surface area contributed by atoms with Crippen LogP contribution in [0.1, 0.15) is 15.9 Å². The van der Waals surface area contributed by atoms with Gasteiger partial charge in [0.25, 0.3) is 5.91 Å². The van der Waals surface area contributed by atoms with E-state index in [-0.39, 0.29) is 5.91 Å². The maximum Gasteiger partial charge on any atom is 0.255 e. The van der Waals surface area contributed by atoms with E-state index in [4.69, 9.17) is 0 Å². The highest BCUT2D eigenvalue weighted by Gasteiger charge is 2.10. The molecule has 0 aliphatic heterocycles. The van der Waals surface area contributed by atoms with E-state index in [1.807, 2.05) is 19.1 Å². The Morgan fingerprint density at radius 3 is 2.68 bits per heavy atom. The number of hydrogen-bond donors (Lipinski definition) is 2. The topological polar surface area (TPSA) is 29.1 Å². The van der Waals surface area contributed by atoms with Crippen molar-refractivity contribution in [3.05, 3.63) is 57.8 Å². The van der Waals surface area contributed by atoms with Gasteiger partial charge in [0.2, 0.25) is 0 Å². The average molecular weight is 340 g/mol. The fourth-order valence-electron chi connectivity index (χ4n) is 1.63. The number of amides is 1. The second kappa shape index (κ2) is 5.75. The van der Waals surface area contributed by atoms with Crippen LogP contribution >= 0.6 is 28.6 Å². The summed E-state index contributed by atoms with van der Waals surface area (Å²) in [5.74, 6) is -0.701. The smallest absolute Gasteiger partial charge is 0.255 e. The number of benzene rings is 2. The van der Waals surface area contributed by atoms with Gasteiger partial charge in [0.15, 0.2) is 0 Å². The van der Waals surface area contributed by atoms with E-state index in [0.29, 0.717) is 20.6 Å². The minimum atomic E-state index is -0.419. The van der Waals surface area contributed by atoms with Gasteiger partial charge < -0.3 is 5.32 Å². The molecule has 0 unspecified atom stereocenters. The lowest BCUT2D eigenvalue weighted by Crippen LogP contribution is -2.13. The molecule has 0 saturated heterocycles. The van der Waals surface area contributed by atoms with Gasteiger partial charge in [-0.3, -0.25) is 4.79 Å². The van der Waals surface area contributed by atoms with Crippen molar-refractivity contribution < 1.29 is 9.18 Å². The Hall–Kier alpha value is -1.33. The van der Waals surface area contributed by atoms with E-state index in [9.17, 15) is 9.18 Å². The molecule has 2 nitrogen and oxygen atoms in total. The van der Waals surface area contributed by atoms with Crippen LogP contribution in [0.15, 0.2) is 45.8 Å². The van der Waals surface area contributed by atoms with Crippen molar-refractivity contribution in [3.63, 3.8) is 0 Å². The molecule has 19 heavy (non-hydrogen) atoms. The fraction of sp³-hybridized carbons (Fsp3) is 0.0714. The summed E-state index contributed by atoms with van der Waals surface area (Å²) >= 11 is 7.27. The summed E-state index contributed by atoms with van der Waals surface area (Å²) in [5.41, 5.74) is 1.78. The summed E-state index contributed by atoms with van der Waals surface area (Å²) in [6, 6.07) is 9.76. The summed E-state index contributed by atoms with van der Waals surface area (Å²) in [5, 5.41) is 2.66. The Bertz CT molecular complexity index is 645. The van der Waals surface area contributed by atoms with Gasteiger partial charge >= 0.3 is 0 Å². The Labute approximate surface area is 124 Å². The van der Waals surface area contributed by atoms with Crippen molar-refractivity contribution in [1.29, 1.82) is 0 Å². The third-order valence-electron chi connectivity index (χ3n) is 2.64. The van der Waals surface area contributed by atoms with Crippen molar-refractivity contribution >= 4 is 40.2 Å². The first kappa shape index (κ1) is 14.1. The molecule has 2 aromatic rings. The maximum atomic E-state index is 13.4. The van der Waals surface area contributed by atoms with Crippen LogP contribution < -0.4 is 5.32 Å². The summed E-state index contributed by atoms with van der Waals surface area (Å²) in [6.07, 6.45) is 0. The van der Waals surface area contributed by atoms with Crippen LogP contribution in [0.25, 0.3) is 0 Å². The number of carbonyl (C=O) groups excluding carboxylic acids is 1. The third-order valence-corrected chi connectivity index (χ3v) is 3.56. The van der Waals surface area contributed by atoms with Crippen LogP contribution in [-0.4, -0.2) is 5.91 Å². The zero-order chi connectivity index (χ0) is 14.0. The van der Waals surface area contributed by atoms with Gasteiger partial charge in [-0.15, -0.1) is 12.6 Å². The van der Waals surface area contributed by atoms with Gasteiger partial charge in [0.05, 0.1) is 4.47 Å². The molecule has 0 fully saturated rings. The van der Waals surface area contributed by atoms with E-state index >= 15 is 0 Å². The summed E-state index contributed by atoms with van der Waals surface area (Å²) in [6.45, 7) is 1.84. The van der Waals surface area contributed by atoms with Crippen LogP contribution in [0.2, 0.25) is 0 Å². The second-order valence-corrected chi connectivity index (χ2v) is 5.45. The molecule has 0 heterocycles. The molecule has 0 aliphatic rings. The van der Waals surface area contributed by atoms with Gasteiger partial charge in [-0.2, -0.15) is 0 Å². The molecule has 5 heteroatoms. The largest absolute Gasteiger partial charge is 0.322 e. The van der Waals surface area contributed by atoms with E-state index in [0.717, 1.165) is 5.56 Å². The van der Waals surface area contributed by atoms with E-state index in [1.165, 1.54) is 6.07 Å². The molecule has 0 atom stereocenters. The molecule has 0 bridgehead atoms. The Morgan fingerprint density at radius 1 is 1.26 bits per heavy atom. The zero-order valence-corrected chi connectivity index (χ0v) is 12.6. The highest BCUT2D eigenvalue weighted by atomic mass is 79.9. The van der Waals surface area contributed by atoms with Crippen LogP contribution in [-0.2, 0) is 0 Å². The molecule has 0 aromatic heterocycles. The summed E-state index contributed by atoms with van der Waals surface area (Å²) in [7, 11) is 0. The quantitative estimate of drug-likeness (QED) is 0.778. The Balaban J connectivity index is 2.25. The molecule has 1 amide bonds. The van der Waals surface area contributed by atoms with E-state index in [2.05, 4.69) is 33.9 Å². The number of nitrogens with one attached hydrogen (secondary N) is 1. The first-order valence-corrected chi connectivity index (χ1v) is 6.77. The van der Waals surface area contributed by atoms with Crippen LogP contribution in [0, 0.1) is 12.7 Å². The van der Waals surface area contributed by atoms with Crippen molar-refractivity contribution in [3.8, 4) is 0 Å². The van der Waals surface area contributed by atoms with Crippen molar-refractivity contribution in [2.45, 2.75) is 11.8 Å². The predicted octanol–water partition coefficient (Wildman–Crippen LogP) is 4.44. The molecule has 0 aliphatic carbocycles. The Kier molecular flexibility index (Phi) is 4.27. The third kappa shape index (κ3) is 3.36. The van der Waals surface area contributed by atoms with Gasteiger partial charge in [-0.25, -0.2) is 4.39 Å². The monoisotopic (exact) mass is 339 g/mol. The van der Waals surface area contributed by atoms with Crippen molar-refractivity contribution in [2.24, 2.45) is 0 Å². The Morgan fingerprint density at radius 2 is 2.00 bits per heavy atom. The standard InChI is InChI=1S/C14H11BrFNOS/c1-8-2-4-10(19)7-11(8)14(18)17-9-3-5-12(15)13(16)6-9/h2-7,19H,1H3,(H,17,18). The van der Waals surface area contributed by atoms with Gasteiger partial charge in [0, 0.05) is 16.1 Å². The van der Waals surface area contributed by atoms with Crippen LogP contribution in [0.3, 0.4) is 0 Å². The molecule has 1 N–H and O–H groups in total. The van der Waals surface area contributed by atoms with Gasteiger partial charge in [0.1, 0.15) is 5.82 Å². The zero-order valence-electron chi connectivity index (χ0n) is 10.1. The average Bonchev–Trinajstić information content (AvgIpc) is 2.36. The first-order valence-electron chi connectivity index (χ1n) is 5.53. The predicted molar refractivity (Wildman–Crippen MR) is 80.5 cm³/mol. The molecular weight excluding hydrogens is 329 g/mol. The highest BCUT2D eigenvalue weighted by molar-refractivity contribution is 9.10. The lowest BCUT2D eigenvalue weighted by molar-refractivity contribution is 0.102. The molecule has 2 rings (SSSR count). The van der Waals surface area contributed by atoms with Gasteiger partial charge in [-0.1, -0.05) is 6.07 Å². The number of rotatable bonds is 2. The number of thiol groups is 1. The van der Waals surface area contributed by atoms with Crippen molar-refractivity contribution in [1.82, 2.24) is 0 Å². The normalized spacial score (nSPS) is 10.3. The van der Waals surface area contributed by atoms with E-state index in [1.54, 1.807) is 18.2 Å². The lowest BCUT2D eigenvalue weighted by Gasteiger charge is -2.09. The van der Waals surface area contributed by atoms with Crippen LogP contribution in [0.4, 0.5) is 10.1 Å². The molecule has 0 saturated carbocycles. The fourth-order valence-corrected chi connectivity index (χ4v) is 2.08. The molecular formula is C14H11BrFNOS. The minimum Gasteiger partial charge on any atom is -0.322 e. The first-order chi connectivity index (χ1) is 8.97. The number of carbonyl (C=O) groups is 1. The summed E-state index contributed by atoms with van der Waals surface area (Å²) in [4.78, 5) is 12.8. The van der Waals surface area contributed by atoms with E-state index < -0.39 is 5.82 Å². The minimum absolute atomic E-state index is 0.282. The van der Waals surface area contributed by atoms with Crippen LogP contribution in [0.5, 0.6) is 0 Å². The molecule has 98 valence electrons. The molecule has 0 spiro atoms. The number of halogens is 2. The number of aryl methyl sites for hydroxylation is 1. The SMILES string of the molecule is Cc1ccc(S)cc1C(=O)Nc1ccc(Br)c(F)c1. The molecule has 2 aromatic carbocycles. The second-order valence-electron chi connectivity index (χ2n) is 4.08.